The highest BCUT2D eigenvalue weighted by Gasteiger charge is 2.08. The Balaban J connectivity index is 1.99. The second-order valence-corrected chi connectivity index (χ2v) is 3.94. The lowest BCUT2D eigenvalue weighted by atomic mass is 10.3. The van der Waals surface area contributed by atoms with Crippen LogP contribution in [0.25, 0.3) is 0 Å². The number of nitrogens with one attached hydrogen (secondary N) is 1. The molecule has 2 N–H and O–H groups in total. The smallest absolute Gasteiger partial charge is 0.337 e. The molecule has 0 unspecified atom stereocenters. The highest BCUT2D eigenvalue weighted by Crippen LogP contribution is 2.09. The largest absolute Gasteiger partial charge is 0.478 e. The number of nitrogens with zero attached hydrogens (tertiary/aromatic N) is 1. The molecule has 1 amide bonds. The summed E-state index contributed by atoms with van der Waals surface area (Å²) < 4.78 is 14.4. The predicted octanol–water partition coefficient (Wildman–Crippen LogP) is 1.96. The Hall–Kier alpha value is -2.63. The third kappa shape index (κ3) is 3.41. The molecule has 0 aliphatic heterocycles. The molecule has 1 aromatic carbocycles. The van der Waals surface area contributed by atoms with E-state index in [9.17, 15) is 14.0 Å². The fourth-order valence-electron chi connectivity index (χ4n) is 1.60. The lowest BCUT2D eigenvalue weighted by molar-refractivity contribution is -0.116. The maximum absolute atomic E-state index is 12.9. The molecule has 6 heteroatoms. The number of carboxylic acid groups (broad SMARTS) is 1. The van der Waals surface area contributed by atoms with Crippen LogP contribution in [0, 0.1) is 5.82 Å². The average molecular weight is 262 g/mol. The van der Waals surface area contributed by atoms with Gasteiger partial charge < -0.3 is 15.0 Å². The van der Waals surface area contributed by atoms with Crippen molar-refractivity contribution in [3.8, 4) is 0 Å². The standard InChI is InChI=1S/C13H11FN2O3/c14-10-2-1-3-11(6-10)15-12(17)8-16-5-4-9(7-16)13(18)19/h1-7H,8H2,(H,15,17)(H,18,19). The van der Waals surface area contributed by atoms with Crippen molar-refractivity contribution in [2.45, 2.75) is 6.54 Å². The van der Waals surface area contributed by atoms with Gasteiger partial charge in [0.05, 0.1) is 5.56 Å². The lowest BCUT2D eigenvalue weighted by Gasteiger charge is -2.05. The highest BCUT2D eigenvalue weighted by molar-refractivity contribution is 5.91. The van der Waals surface area contributed by atoms with Crippen molar-refractivity contribution in [1.29, 1.82) is 0 Å². The third-order valence-corrected chi connectivity index (χ3v) is 2.43. The summed E-state index contributed by atoms with van der Waals surface area (Å²) in [5.41, 5.74) is 0.467. The number of aromatic nitrogens is 1. The molecular weight excluding hydrogens is 251 g/mol. The second-order valence-electron chi connectivity index (χ2n) is 3.94. The third-order valence-electron chi connectivity index (χ3n) is 2.43. The first-order chi connectivity index (χ1) is 9.04. The SMILES string of the molecule is O=C(Cn1ccc(C(=O)O)c1)Nc1cccc(F)c1. The van der Waals surface area contributed by atoms with Crippen molar-refractivity contribution in [1.82, 2.24) is 4.57 Å². The van der Waals surface area contributed by atoms with Crippen LogP contribution in [0.15, 0.2) is 42.7 Å². The van der Waals surface area contributed by atoms with Crippen molar-refractivity contribution >= 4 is 17.6 Å². The van der Waals surface area contributed by atoms with E-state index in [1.54, 1.807) is 6.07 Å². The number of carbonyl (C=O) groups is 2. The minimum absolute atomic E-state index is 0.0379. The van der Waals surface area contributed by atoms with Crippen LogP contribution in [0.1, 0.15) is 10.4 Å². The van der Waals surface area contributed by atoms with E-state index in [4.69, 9.17) is 5.11 Å². The number of carboxylic acids is 1. The van der Waals surface area contributed by atoms with Crippen LogP contribution in [-0.2, 0) is 11.3 Å². The zero-order valence-electron chi connectivity index (χ0n) is 9.84. The Labute approximate surface area is 108 Å². The second kappa shape index (κ2) is 5.34. The Morgan fingerprint density at radius 3 is 2.74 bits per heavy atom. The van der Waals surface area contributed by atoms with E-state index >= 15 is 0 Å². The number of carbonyl (C=O) groups excluding carboxylic acids is 1. The number of hydrogen-bond acceptors (Lipinski definition) is 2. The molecule has 0 spiro atoms. The number of anilines is 1. The van der Waals surface area contributed by atoms with Crippen LogP contribution in [-0.4, -0.2) is 21.6 Å². The van der Waals surface area contributed by atoms with Gasteiger partial charge in [0.25, 0.3) is 0 Å². The lowest BCUT2D eigenvalue weighted by Crippen LogP contribution is -2.17. The summed E-state index contributed by atoms with van der Waals surface area (Å²) in [4.78, 5) is 22.3. The van der Waals surface area contributed by atoms with Gasteiger partial charge in [0.1, 0.15) is 12.4 Å². The Morgan fingerprint density at radius 2 is 2.11 bits per heavy atom. The van der Waals surface area contributed by atoms with Crippen LogP contribution in [0.4, 0.5) is 10.1 Å². The minimum atomic E-state index is -1.05. The molecule has 0 radical (unpaired) electrons. The number of benzene rings is 1. The van der Waals surface area contributed by atoms with E-state index in [2.05, 4.69) is 5.32 Å². The summed E-state index contributed by atoms with van der Waals surface area (Å²) in [5.74, 6) is -1.85. The maximum Gasteiger partial charge on any atom is 0.337 e. The molecule has 0 saturated carbocycles. The van der Waals surface area contributed by atoms with Gasteiger partial charge in [-0.2, -0.15) is 0 Å². The number of amides is 1. The van der Waals surface area contributed by atoms with Crippen molar-refractivity contribution in [2.24, 2.45) is 0 Å². The number of halogens is 1. The van der Waals surface area contributed by atoms with Gasteiger partial charge >= 0.3 is 5.97 Å². The molecule has 0 saturated heterocycles. The van der Waals surface area contributed by atoms with Crippen molar-refractivity contribution in [3.05, 3.63) is 54.1 Å². The Kier molecular flexibility index (Phi) is 3.61. The van der Waals surface area contributed by atoms with Gasteiger partial charge in [0, 0.05) is 18.1 Å². The molecule has 0 fully saturated rings. The number of rotatable bonds is 4. The predicted molar refractivity (Wildman–Crippen MR) is 66.4 cm³/mol. The summed E-state index contributed by atoms with van der Waals surface area (Å²) in [6.45, 7) is -0.0379. The first kappa shape index (κ1) is 12.8. The molecule has 2 rings (SSSR count). The fraction of sp³-hybridized carbons (Fsp3) is 0.0769. The highest BCUT2D eigenvalue weighted by atomic mass is 19.1. The summed E-state index contributed by atoms with van der Waals surface area (Å²) in [5, 5.41) is 11.3. The van der Waals surface area contributed by atoms with E-state index in [1.807, 2.05) is 0 Å². The van der Waals surface area contributed by atoms with Crippen LogP contribution in [0.5, 0.6) is 0 Å². The quantitative estimate of drug-likeness (QED) is 0.884. The van der Waals surface area contributed by atoms with Gasteiger partial charge in [-0.15, -0.1) is 0 Å². The van der Waals surface area contributed by atoms with Gasteiger partial charge in [-0.05, 0) is 24.3 Å². The molecular formula is C13H11FN2O3. The number of aromatic carboxylic acids is 1. The number of hydrogen-bond donors (Lipinski definition) is 2. The Morgan fingerprint density at radius 1 is 1.32 bits per heavy atom. The van der Waals surface area contributed by atoms with Crippen LogP contribution in [0.2, 0.25) is 0 Å². The summed E-state index contributed by atoms with van der Waals surface area (Å²) in [6.07, 6.45) is 2.85. The van der Waals surface area contributed by atoms with E-state index in [0.717, 1.165) is 0 Å². The van der Waals surface area contributed by atoms with Crippen molar-refractivity contribution < 1.29 is 19.1 Å². The molecule has 19 heavy (non-hydrogen) atoms. The van der Waals surface area contributed by atoms with Crippen LogP contribution in [0.3, 0.4) is 0 Å². The summed E-state index contributed by atoms with van der Waals surface area (Å²) in [6, 6.07) is 6.94. The average Bonchev–Trinajstić information content (AvgIpc) is 2.77. The van der Waals surface area contributed by atoms with E-state index in [1.165, 1.54) is 41.2 Å². The molecule has 98 valence electrons. The van der Waals surface area contributed by atoms with Crippen molar-refractivity contribution in [2.75, 3.05) is 5.32 Å². The molecule has 2 aromatic rings. The minimum Gasteiger partial charge on any atom is -0.478 e. The summed E-state index contributed by atoms with van der Waals surface area (Å²) >= 11 is 0. The van der Waals surface area contributed by atoms with Gasteiger partial charge in [-0.3, -0.25) is 4.79 Å². The maximum atomic E-state index is 12.9. The first-order valence-corrected chi connectivity index (χ1v) is 5.49. The van der Waals surface area contributed by atoms with Gasteiger partial charge in [0.15, 0.2) is 0 Å². The van der Waals surface area contributed by atoms with Crippen LogP contribution < -0.4 is 5.32 Å². The molecule has 0 atom stereocenters. The molecule has 1 heterocycles. The molecule has 5 nitrogen and oxygen atoms in total. The molecule has 0 aliphatic carbocycles. The zero-order valence-corrected chi connectivity index (χ0v) is 9.84. The Bertz CT molecular complexity index is 622. The first-order valence-electron chi connectivity index (χ1n) is 5.49. The molecule has 0 aliphatic rings. The normalized spacial score (nSPS) is 10.2. The molecule has 0 bridgehead atoms. The van der Waals surface area contributed by atoms with E-state index in [0.29, 0.717) is 5.69 Å². The van der Waals surface area contributed by atoms with Gasteiger partial charge in [0.2, 0.25) is 5.91 Å². The fourth-order valence-corrected chi connectivity index (χ4v) is 1.60. The molecule has 1 aromatic heterocycles. The monoisotopic (exact) mass is 262 g/mol. The van der Waals surface area contributed by atoms with E-state index < -0.39 is 11.8 Å². The van der Waals surface area contributed by atoms with Crippen LogP contribution >= 0.6 is 0 Å². The van der Waals surface area contributed by atoms with E-state index in [-0.39, 0.29) is 18.0 Å². The topological polar surface area (TPSA) is 71.3 Å². The van der Waals surface area contributed by atoms with Gasteiger partial charge in [-0.25, -0.2) is 9.18 Å². The summed E-state index contributed by atoms with van der Waals surface area (Å²) in [7, 11) is 0. The van der Waals surface area contributed by atoms with Gasteiger partial charge in [-0.1, -0.05) is 6.07 Å². The van der Waals surface area contributed by atoms with Crippen molar-refractivity contribution in [3.63, 3.8) is 0 Å². The zero-order chi connectivity index (χ0) is 13.8.